The number of aliphatic hydroxyl groups excluding tert-OH is 1. The highest BCUT2D eigenvalue weighted by molar-refractivity contribution is 8.01. The third-order valence-electron chi connectivity index (χ3n) is 10.5. The van der Waals surface area contributed by atoms with Crippen molar-refractivity contribution in [3.63, 3.8) is 0 Å². The van der Waals surface area contributed by atoms with Gasteiger partial charge in [0.05, 0.1) is 12.7 Å². The quantitative estimate of drug-likeness (QED) is 0.543. The van der Waals surface area contributed by atoms with Crippen LogP contribution in [0.15, 0.2) is 11.6 Å². The summed E-state index contributed by atoms with van der Waals surface area (Å²) in [5.41, 5.74) is -3.85. The van der Waals surface area contributed by atoms with Crippen LogP contribution >= 0.6 is 11.8 Å². The number of alkyl halides is 2. The van der Waals surface area contributed by atoms with E-state index in [4.69, 9.17) is 14.2 Å². The summed E-state index contributed by atoms with van der Waals surface area (Å²) in [4.78, 5) is 23.7. The van der Waals surface area contributed by atoms with E-state index in [9.17, 15) is 14.7 Å². The smallest absolute Gasteiger partial charge is 0.319 e. The van der Waals surface area contributed by atoms with E-state index in [1.807, 2.05) is 13.8 Å². The zero-order chi connectivity index (χ0) is 25.7. The van der Waals surface area contributed by atoms with Crippen LogP contribution < -0.4 is 0 Å². The molecule has 0 spiro atoms. The molecule has 0 radical (unpaired) electrons. The number of allylic oxidation sites excluding steroid dienone is 1. The summed E-state index contributed by atoms with van der Waals surface area (Å²) in [5.74, 6) is -1.53. The molecule has 2 saturated heterocycles. The fourth-order valence-electron chi connectivity index (χ4n) is 8.66. The normalized spacial score (nSPS) is 53.8. The van der Waals surface area contributed by atoms with Crippen LogP contribution in [0.3, 0.4) is 0 Å². The lowest BCUT2D eigenvalue weighted by molar-refractivity contribution is -0.232. The van der Waals surface area contributed by atoms with Crippen LogP contribution in [-0.2, 0) is 23.8 Å². The molecule has 4 aliphatic carbocycles. The second kappa shape index (κ2) is 8.23. The number of carbonyl (C=O) groups is 2. The monoisotopic (exact) mass is 526 g/mol. The molecule has 200 valence electrons. The number of ketones is 1. The number of thioether (sulfide) groups is 1. The van der Waals surface area contributed by atoms with Crippen LogP contribution in [0, 0.1) is 22.7 Å². The summed E-state index contributed by atoms with van der Waals surface area (Å²) in [7, 11) is 0. The molecule has 9 heteroatoms. The molecule has 2 unspecified atom stereocenters. The maximum atomic E-state index is 17.5. The number of ether oxygens (including phenoxy) is 3. The molecule has 3 saturated carbocycles. The minimum absolute atomic E-state index is 0.0835. The molecule has 0 aromatic carbocycles. The number of esters is 1. The van der Waals surface area contributed by atoms with Gasteiger partial charge in [0, 0.05) is 29.6 Å². The molecule has 11 atom stereocenters. The minimum atomic E-state index is -2.06. The summed E-state index contributed by atoms with van der Waals surface area (Å²) in [6, 6.07) is 0. The van der Waals surface area contributed by atoms with Gasteiger partial charge >= 0.3 is 5.97 Å². The van der Waals surface area contributed by atoms with Gasteiger partial charge in [0.2, 0.25) is 0 Å². The van der Waals surface area contributed by atoms with Crippen LogP contribution in [0.5, 0.6) is 0 Å². The van der Waals surface area contributed by atoms with Crippen LogP contribution in [0.25, 0.3) is 0 Å². The van der Waals surface area contributed by atoms with Crippen molar-refractivity contribution in [3.8, 4) is 0 Å². The second-order valence-electron chi connectivity index (χ2n) is 12.1. The van der Waals surface area contributed by atoms with Crippen molar-refractivity contribution in [2.75, 3.05) is 6.61 Å². The number of rotatable bonds is 4. The first-order chi connectivity index (χ1) is 17.0. The fraction of sp³-hybridized carbons (Fsp3) is 0.852. The van der Waals surface area contributed by atoms with Crippen molar-refractivity contribution >= 4 is 23.5 Å². The number of cyclic esters (lactones) is 1. The van der Waals surface area contributed by atoms with Crippen LogP contribution in [0.2, 0.25) is 0 Å². The lowest BCUT2D eigenvalue weighted by Crippen LogP contribution is -2.70. The Bertz CT molecular complexity index is 1010. The number of carbonyl (C=O) groups excluding carboxylic acids is 2. The van der Waals surface area contributed by atoms with Gasteiger partial charge < -0.3 is 19.3 Å². The molecule has 2 aliphatic heterocycles. The van der Waals surface area contributed by atoms with Crippen LogP contribution in [-0.4, -0.2) is 64.0 Å². The van der Waals surface area contributed by atoms with Gasteiger partial charge in [-0.25, -0.2) is 8.78 Å². The summed E-state index contributed by atoms with van der Waals surface area (Å²) in [6.07, 6.45) is 0.628. The average Bonchev–Trinajstić information content (AvgIpc) is 3.44. The number of halogens is 2. The van der Waals surface area contributed by atoms with Crippen LogP contribution in [0.1, 0.15) is 72.1 Å². The predicted molar refractivity (Wildman–Crippen MR) is 128 cm³/mol. The molecule has 0 bridgehead atoms. The number of fused-ring (bicyclic) bond motifs is 7. The Morgan fingerprint density at radius 1 is 1.22 bits per heavy atom. The van der Waals surface area contributed by atoms with E-state index < -0.39 is 57.3 Å². The second-order valence-corrected chi connectivity index (χ2v) is 13.6. The lowest BCUT2D eigenvalue weighted by Gasteiger charge is -2.64. The van der Waals surface area contributed by atoms with E-state index in [1.54, 1.807) is 6.92 Å². The minimum Gasteiger partial charge on any atom is -0.465 e. The van der Waals surface area contributed by atoms with Crippen molar-refractivity contribution in [1.82, 2.24) is 0 Å². The molecule has 6 aliphatic rings. The van der Waals surface area contributed by atoms with E-state index in [-0.39, 0.29) is 48.9 Å². The largest absolute Gasteiger partial charge is 0.465 e. The fourth-order valence-corrected chi connectivity index (χ4v) is 10.4. The summed E-state index contributed by atoms with van der Waals surface area (Å²) in [5, 5.41) is 11.2. The number of aliphatic hydroxyl groups is 1. The third-order valence-corrected chi connectivity index (χ3v) is 12.3. The van der Waals surface area contributed by atoms with Gasteiger partial charge in [-0.05, 0) is 49.7 Å². The number of hydrogen-bond acceptors (Lipinski definition) is 7. The summed E-state index contributed by atoms with van der Waals surface area (Å²) >= 11 is 1.41. The Morgan fingerprint density at radius 2 is 2.00 bits per heavy atom. The molecular formula is C27H36F2O6S. The molecule has 0 aromatic heterocycles. The zero-order valence-corrected chi connectivity index (χ0v) is 22.0. The van der Waals surface area contributed by atoms with Gasteiger partial charge in [-0.15, -0.1) is 11.8 Å². The van der Waals surface area contributed by atoms with E-state index >= 15 is 8.78 Å². The van der Waals surface area contributed by atoms with E-state index in [0.29, 0.717) is 25.9 Å². The zero-order valence-electron chi connectivity index (χ0n) is 21.1. The third kappa shape index (κ3) is 3.06. The average molecular weight is 527 g/mol. The standard InChI is InChI=1S/C27H36F2O6S/c1-4-5-22-34-21-12-15-16-11-18(28)17-10-14(30)6-8-24(17,2)26(16,29)20(31)13-25(15,3)27(21,35-22)36-19-7-9-33-23(19)32/h10,15-16,18-22,31H,4-9,11-13H2,1-3H3/t15?,16?,18-,19-,20-,21+,22+,24-,25-,26-,27-/m0/s1. The predicted octanol–water partition coefficient (Wildman–Crippen LogP) is 4.43. The molecule has 6 nitrogen and oxygen atoms in total. The highest BCUT2D eigenvalue weighted by atomic mass is 32.2. The van der Waals surface area contributed by atoms with Crippen molar-refractivity contribution in [1.29, 1.82) is 0 Å². The Labute approximate surface area is 214 Å². The highest BCUT2D eigenvalue weighted by Gasteiger charge is 2.79. The number of hydrogen-bond donors (Lipinski definition) is 1. The molecule has 5 fully saturated rings. The van der Waals surface area contributed by atoms with Gasteiger partial charge in [0.1, 0.15) is 28.1 Å². The Morgan fingerprint density at radius 3 is 2.69 bits per heavy atom. The lowest BCUT2D eigenvalue weighted by atomic mass is 9.44. The molecule has 0 aromatic rings. The SMILES string of the molecule is CCC[C@@H]1O[C@@H]2CC3C4C[C@H](F)C5=CC(=O)CC[C@]5(C)[C@@]4(F)[C@@H](O)C[C@]3(C)[C@]2(S[C@H]2CCOC2=O)O1. The van der Waals surface area contributed by atoms with Crippen molar-refractivity contribution < 1.29 is 37.7 Å². The topological polar surface area (TPSA) is 82.1 Å². The van der Waals surface area contributed by atoms with Gasteiger partial charge in [0.25, 0.3) is 0 Å². The van der Waals surface area contributed by atoms with E-state index in [1.165, 1.54) is 17.8 Å². The van der Waals surface area contributed by atoms with Crippen molar-refractivity contribution in [2.45, 2.75) is 113 Å². The summed E-state index contributed by atoms with van der Waals surface area (Å²) < 4.78 is 51.5. The highest BCUT2D eigenvalue weighted by Crippen LogP contribution is 2.74. The Hall–Kier alpha value is -1.03. The molecular weight excluding hydrogens is 490 g/mol. The maximum absolute atomic E-state index is 17.5. The maximum Gasteiger partial charge on any atom is 0.319 e. The molecule has 1 N–H and O–H groups in total. The Kier molecular flexibility index (Phi) is 5.78. The molecule has 36 heavy (non-hydrogen) atoms. The van der Waals surface area contributed by atoms with Gasteiger partial charge in [-0.3, -0.25) is 9.59 Å². The van der Waals surface area contributed by atoms with Crippen LogP contribution in [0.4, 0.5) is 8.78 Å². The van der Waals surface area contributed by atoms with E-state index in [0.717, 1.165) is 6.42 Å². The van der Waals surface area contributed by atoms with Gasteiger partial charge in [-0.2, -0.15) is 0 Å². The molecule has 6 rings (SSSR count). The first-order valence-corrected chi connectivity index (χ1v) is 14.3. The molecule has 0 amide bonds. The molecule has 2 heterocycles. The Balaban J connectivity index is 1.42. The first-order valence-electron chi connectivity index (χ1n) is 13.4. The van der Waals surface area contributed by atoms with Crippen molar-refractivity contribution in [2.24, 2.45) is 22.7 Å². The first kappa shape index (κ1) is 25.3. The van der Waals surface area contributed by atoms with E-state index in [2.05, 4.69) is 0 Å². The van der Waals surface area contributed by atoms with Gasteiger partial charge in [0.15, 0.2) is 12.1 Å². The van der Waals surface area contributed by atoms with Gasteiger partial charge in [-0.1, -0.05) is 27.2 Å². The summed E-state index contributed by atoms with van der Waals surface area (Å²) in [6.45, 7) is 6.10. The van der Waals surface area contributed by atoms with Crippen molar-refractivity contribution in [3.05, 3.63) is 11.6 Å².